The molecule has 1 rings (SSSR count). The number of rotatable bonds is 3. The van der Waals surface area contributed by atoms with Gasteiger partial charge in [0.05, 0.1) is 18.6 Å². The molecule has 0 bridgehead atoms. The molecule has 0 aliphatic carbocycles. The monoisotopic (exact) mass is 233 g/mol. The van der Waals surface area contributed by atoms with Crippen LogP contribution in [-0.2, 0) is 6.42 Å². The van der Waals surface area contributed by atoms with Crippen LogP contribution < -0.4 is 0 Å². The van der Waals surface area contributed by atoms with Crippen molar-refractivity contribution in [3.63, 3.8) is 0 Å². The molecule has 0 radical (unpaired) electrons. The van der Waals surface area contributed by atoms with Gasteiger partial charge in [-0.1, -0.05) is 17.7 Å². The summed E-state index contributed by atoms with van der Waals surface area (Å²) in [5, 5.41) is 18.4. The van der Waals surface area contributed by atoms with Crippen LogP contribution in [0.3, 0.4) is 0 Å². The van der Waals surface area contributed by atoms with E-state index in [9.17, 15) is 0 Å². The Morgan fingerprint density at radius 3 is 2.56 bits per heavy atom. The minimum absolute atomic E-state index is 0.290. The van der Waals surface area contributed by atoms with E-state index < -0.39 is 0 Å². The van der Waals surface area contributed by atoms with Crippen molar-refractivity contribution >= 4 is 11.6 Å². The van der Waals surface area contributed by atoms with Crippen molar-refractivity contribution in [2.75, 3.05) is 14.1 Å². The Morgan fingerprint density at radius 2 is 2.06 bits per heavy atom. The first kappa shape index (κ1) is 12.5. The molecule has 0 aliphatic rings. The van der Waals surface area contributed by atoms with Crippen molar-refractivity contribution in [2.45, 2.75) is 12.5 Å². The lowest BCUT2D eigenvalue weighted by Gasteiger charge is -2.20. The Morgan fingerprint density at radius 1 is 1.38 bits per heavy atom. The van der Waals surface area contributed by atoms with Gasteiger partial charge in [-0.3, -0.25) is 4.90 Å². The lowest BCUT2D eigenvalue weighted by molar-refractivity contribution is 0.357. The Kier molecular flexibility index (Phi) is 4.31. The van der Waals surface area contributed by atoms with Crippen molar-refractivity contribution in [2.24, 2.45) is 0 Å². The lowest BCUT2D eigenvalue weighted by Crippen LogP contribution is -2.19. The van der Waals surface area contributed by atoms with Gasteiger partial charge < -0.3 is 0 Å². The minimum atomic E-state index is -0.373. The molecule has 0 fully saturated rings. The third-order valence-corrected chi connectivity index (χ3v) is 2.55. The fraction of sp³-hybridized carbons (Fsp3) is 0.333. The predicted molar refractivity (Wildman–Crippen MR) is 62.8 cm³/mol. The Hall–Kier alpha value is -1.55. The second-order valence-corrected chi connectivity index (χ2v) is 4.11. The highest BCUT2D eigenvalue weighted by atomic mass is 35.5. The summed E-state index contributed by atoms with van der Waals surface area (Å²) in [6.07, 6.45) is 0.290. The van der Waals surface area contributed by atoms with Crippen molar-refractivity contribution in [1.82, 2.24) is 4.90 Å². The summed E-state index contributed by atoms with van der Waals surface area (Å²) >= 11 is 5.91. The molecule has 0 aromatic heterocycles. The Bertz CT molecular complexity index is 454. The summed E-state index contributed by atoms with van der Waals surface area (Å²) in [5.41, 5.74) is 1.66. The minimum Gasteiger partial charge on any atom is -0.291 e. The Labute approximate surface area is 100 Å². The van der Waals surface area contributed by atoms with E-state index in [0.29, 0.717) is 11.4 Å². The highest BCUT2D eigenvalue weighted by molar-refractivity contribution is 6.30. The molecule has 0 saturated heterocycles. The molecular formula is C12H12ClN3. The fourth-order valence-electron chi connectivity index (χ4n) is 1.53. The normalized spacial score (nSPS) is 11.9. The second-order valence-electron chi connectivity index (χ2n) is 3.67. The van der Waals surface area contributed by atoms with Gasteiger partial charge in [0.1, 0.15) is 6.04 Å². The summed E-state index contributed by atoms with van der Waals surface area (Å²) < 4.78 is 0. The molecule has 0 N–H and O–H groups in total. The molecule has 1 atom stereocenters. The van der Waals surface area contributed by atoms with Gasteiger partial charge in [0, 0.05) is 5.02 Å². The van der Waals surface area contributed by atoms with Gasteiger partial charge in [0.15, 0.2) is 0 Å². The van der Waals surface area contributed by atoms with Gasteiger partial charge in [0.2, 0.25) is 0 Å². The van der Waals surface area contributed by atoms with E-state index in [1.54, 1.807) is 23.1 Å². The van der Waals surface area contributed by atoms with Crippen LogP contribution in [0.4, 0.5) is 0 Å². The quantitative estimate of drug-likeness (QED) is 0.806. The van der Waals surface area contributed by atoms with Gasteiger partial charge in [-0.05, 0) is 37.4 Å². The molecule has 1 aromatic carbocycles. The maximum atomic E-state index is 9.12. The first-order chi connectivity index (χ1) is 7.60. The molecule has 82 valence electrons. The van der Waals surface area contributed by atoms with Crippen LogP contribution in [0.1, 0.15) is 17.2 Å². The van der Waals surface area contributed by atoms with Crippen LogP contribution in [0.15, 0.2) is 18.2 Å². The van der Waals surface area contributed by atoms with Gasteiger partial charge in [-0.25, -0.2) is 0 Å². The standard InChI is InChI=1S/C12H12ClN3/c1-16(2)12(8-15)11-7-10(13)4-3-9(11)5-6-14/h3-4,7,12H,5H2,1-2H3. The van der Waals surface area contributed by atoms with E-state index in [1.807, 2.05) is 14.1 Å². The van der Waals surface area contributed by atoms with Crippen LogP contribution in [-0.4, -0.2) is 19.0 Å². The smallest absolute Gasteiger partial charge is 0.123 e. The summed E-state index contributed by atoms with van der Waals surface area (Å²) in [6.45, 7) is 0. The highest BCUT2D eigenvalue weighted by Crippen LogP contribution is 2.25. The molecule has 0 aliphatic heterocycles. The number of hydrogen-bond acceptors (Lipinski definition) is 3. The van der Waals surface area contributed by atoms with Crippen LogP contribution in [0, 0.1) is 22.7 Å². The van der Waals surface area contributed by atoms with E-state index in [-0.39, 0.29) is 6.04 Å². The van der Waals surface area contributed by atoms with Crippen molar-refractivity contribution in [3.8, 4) is 12.1 Å². The number of hydrogen-bond donors (Lipinski definition) is 0. The molecule has 0 spiro atoms. The van der Waals surface area contributed by atoms with E-state index in [4.69, 9.17) is 22.1 Å². The molecule has 1 unspecified atom stereocenters. The summed E-state index contributed by atoms with van der Waals surface area (Å²) in [7, 11) is 3.65. The number of nitrogens with zero attached hydrogens (tertiary/aromatic N) is 3. The van der Waals surface area contributed by atoms with Crippen molar-refractivity contribution in [3.05, 3.63) is 34.3 Å². The molecule has 0 saturated carbocycles. The van der Waals surface area contributed by atoms with Crippen molar-refractivity contribution < 1.29 is 0 Å². The van der Waals surface area contributed by atoms with Crippen LogP contribution in [0.5, 0.6) is 0 Å². The summed E-state index contributed by atoms with van der Waals surface area (Å²) in [6, 6.07) is 9.21. The van der Waals surface area contributed by atoms with Crippen LogP contribution in [0.25, 0.3) is 0 Å². The zero-order chi connectivity index (χ0) is 12.1. The molecule has 0 amide bonds. The first-order valence-electron chi connectivity index (χ1n) is 4.81. The number of halogens is 1. The van der Waals surface area contributed by atoms with Gasteiger partial charge >= 0.3 is 0 Å². The van der Waals surface area contributed by atoms with E-state index >= 15 is 0 Å². The molecule has 3 nitrogen and oxygen atoms in total. The zero-order valence-corrected chi connectivity index (χ0v) is 9.99. The molecular weight excluding hydrogens is 222 g/mol. The largest absolute Gasteiger partial charge is 0.291 e. The summed E-state index contributed by atoms with van der Waals surface area (Å²) in [5.74, 6) is 0. The van der Waals surface area contributed by atoms with E-state index in [1.165, 1.54) is 0 Å². The van der Waals surface area contributed by atoms with Gasteiger partial charge in [-0.15, -0.1) is 0 Å². The highest BCUT2D eigenvalue weighted by Gasteiger charge is 2.17. The van der Waals surface area contributed by atoms with Crippen molar-refractivity contribution in [1.29, 1.82) is 10.5 Å². The second kappa shape index (κ2) is 5.51. The van der Waals surface area contributed by atoms with Crippen LogP contribution in [0.2, 0.25) is 5.02 Å². The zero-order valence-electron chi connectivity index (χ0n) is 9.24. The predicted octanol–water partition coefficient (Wildman–Crippen LogP) is 2.53. The third-order valence-electron chi connectivity index (χ3n) is 2.31. The average Bonchev–Trinajstić information content (AvgIpc) is 2.22. The lowest BCUT2D eigenvalue weighted by atomic mass is 9.98. The molecule has 4 heteroatoms. The SMILES string of the molecule is CN(C)C(C#N)c1cc(Cl)ccc1CC#N. The van der Waals surface area contributed by atoms with Gasteiger partial charge in [-0.2, -0.15) is 10.5 Å². The van der Waals surface area contributed by atoms with Gasteiger partial charge in [0.25, 0.3) is 0 Å². The number of nitriles is 2. The maximum Gasteiger partial charge on any atom is 0.123 e. The van der Waals surface area contributed by atoms with Crippen LogP contribution >= 0.6 is 11.6 Å². The maximum absolute atomic E-state index is 9.12. The first-order valence-corrected chi connectivity index (χ1v) is 5.19. The fourth-order valence-corrected chi connectivity index (χ4v) is 1.71. The summed E-state index contributed by atoms with van der Waals surface area (Å²) in [4.78, 5) is 1.80. The molecule has 0 heterocycles. The average molecular weight is 234 g/mol. The molecule has 16 heavy (non-hydrogen) atoms. The third kappa shape index (κ3) is 2.73. The molecule has 1 aromatic rings. The van der Waals surface area contributed by atoms with E-state index in [2.05, 4.69) is 12.1 Å². The topological polar surface area (TPSA) is 50.8 Å². The Balaban J connectivity index is 3.24. The number of benzene rings is 1. The van der Waals surface area contributed by atoms with E-state index in [0.717, 1.165) is 11.1 Å².